The zero-order chi connectivity index (χ0) is 14.8. The number of nitrogens with two attached hydrogens (primary N) is 1. The Morgan fingerprint density at radius 1 is 0.810 bits per heavy atom. The Bertz CT molecular complexity index is 408. The monoisotopic (exact) mass is 294 g/mol. The van der Waals surface area contributed by atoms with Crippen molar-refractivity contribution in [1.82, 2.24) is 14.7 Å². The number of carbonyl (C=O) groups excluding carboxylic acids is 2. The number of nitrogens with zero attached hydrogens (tertiary/aromatic N) is 3. The van der Waals surface area contributed by atoms with Gasteiger partial charge in [0.25, 0.3) is 0 Å². The molecule has 6 nitrogen and oxygen atoms in total. The molecule has 21 heavy (non-hydrogen) atoms. The van der Waals surface area contributed by atoms with Gasteiger partial charge in [0.15, 0.2) is 0 Å². The summed E-state index contributed by atoms with van der Waals surface area (Å²) in [4.78, 5) is 30.7. The molecule has 6 heteroatoms. The molecule has 118 valence electrons. The maximum absolute atomic E-state index is 12.6. The second-order valence-electron chi connectivity index (χ2n) is 6.59. The summed E-state index contributed by atoms with van der Waals surface area (Å²) in [6, 6.07) is 0.253. The Morgan fingerprint density at radius 3 is 2.19 bits per heavy atom. The van der Waals surface area contributed by atoms with Gasteiger partial charge in [-0.15, -0.1) is 0 Å². The summed E-state index contributed by atoms with van der Waals surface area (Å²) in [6.07, 6.45) is 4.93. The lowest BCUT2D eigenvalue weighted by molar-refractivity contribution is -0.135. The molecule has 0 saturated carbocycles. The highest BCUT2D eigenvalue weighted by atomic mass is 16.2. The SMILES string of the molecule is N[C@H]1CCN(C(=O)C2CCCN(C(=O)N3CCCC3)C2)C1. The van der Waals surface area contributed by atoms with Gasteiger partial charge in [0.2, 0.25) is 5.91 Å². The van der Waals surface area contributed by atoms with Gasteiger partial charge in [-0.1, -0.05) is 0 Å². The van der Waals surface area contributed by atoms with Crippen LogP contribution in [0.15, 0.2) is 0 Å². The molecular weight excluding hydrogens is 268 g/mol. The molecule has 0 spiro atoms. The van der Waals surface area contributed by atoms with Crippen LogP contribution < -0.4 is 5.73 Å². The molecule has 0 radical (unpaired) electrons. The Morgan fingerprint density at radius 2 is 1.52 bits per heavy atom. The Hall–Kier alpha value is -1.30. The number of urea groups is 1. The smallest absolute Gasteiger partial charge is 0.320 e. The van der Waals surface area contributed by atoms with Gasteiger partial charge in [-0.2, -0.15) is 0 Å². The third-order valence-corrected chi connectivity index (χ3v) is 4.95. The molecule has 0 aromatic heterocycles. The summed E-state index contributed by atoms with van der Waals surface area (Å²) in [5, 5.41) is 0. The highest BCUT2D eigenvalue weighted by Gasteiger charge is 2.35. The van der Waals surface area contributed by atoms with Crippen LogP contribution in [0.5, 0.6) is 0 Å². The number of hydrogen-bond acceptors (Lipinski definition) is 3. The van der Waals surface area contributed by atoms with Crippen molar-refractivity contribution < 1.29 is 9.59 Å². The fraction of sp³-hybridized carbons (Fsp3) is 0.867. The second kappa shape index (κ2) is 6.22. The Labute approximate surface area is 126 Å². The largest absolute Gasteiger partial charge is 0.341 e. The number of carbonyl (C=O) groups is 2. The predicted octanol–water partition coefficient (Wildman–Crippen LogP) is 0.474. The molecule has 0 aromatic rings. The van der Waals surface area contributed by atoms with Gasteiger partial charge in [-0.3, -0.25) is 4.79 Å². The lowest BCUT2D eigenvalue weighted by atomic mass is 9.97. The molecule has 3 heterocycles. The van der Waals surface area contributed by atoms with Crippen molar-refractivity contribution in [3.8, 4) is 0 Å². The summed E-state index contributed by atoms with van der Waals surface area (Å²) < 4.78 is 0. The quantitative estimate of drug-likeness (QED) is 0.764. The van der Waals surface area contributed by atoms with Crippen LogP contribution in [0.3, 0.4) is 0 Å². The van der Waals surface area contributed by atoms with Crippen molar-refractivity contribution in [2.75, 3.05) is 39.3 Å². The van der Waals surface area contributed by atoms with Crippen LogP contribution >= 0.6 is 0 Å². The third-order valence-electron chi connectivity index (χ3n) is 4.95. The first kappa shape index (κ1) is 14.6. The summed E-state index contributed by atoms with van der Waals surface area (Å²) in [7, 11) is 0. The van der Waals surface area contributed by atoms with Gasteiger partial charge in [0, 0.05) is 45.3 Å². The van der Waals surface area contributed by atoms with Crippen LogP contribution in [0, 0.1) is 5.92 Å². The minimum Gasteiger partial charge on any atom is -0.341 e. The molecule has 0 aromatic carbocycles. The van der Waals surface area contributed by atoms with Crippen LogP contribution in [0.2, 0.25) is 0 Å². The number of likely N-dealkylation sites (tertiary alicyclic amines) is 3. The molecule has 3 aliphatic heterocycles. The average Bonchev–Trinajstić information content (AvgIpc) is 3.17. The summed E-state index contributed by atoms with van der Waals surface area (Å²) in [5.41, 5.74) is 5.89. The molecule has 3 saturated heterocycles. The van der Waals surface area contributed by atoms with Gasteiger partial charge in [0.05, 0.1) is 5.92 Å². The standard InChI is InChI=1S/C15H26N4O2/c16-13-5-9-18(11-13)14(20)12-4-3-8-19(10-12)15(21)17-6-1-2-7-17/h12-13H,1-11,16H2/t12?,13-/m0/s1. The van der Waals surface area contributed by atoms with E-state index in [1.165, 1.54) is 0 Å². The van der Waals surface area contributed by atoms with Gasteiger partial charge in [-0.05, 0) is 32.1 Å². The van der Waals surface area contributed by atoms with E-state index in [0.717, 1.165) is 58.3 Å². The van der Waals surface area contributed by atoms with E-state index >= 15 is 0 Å². The topological polar surface area (TPSA) is 69.9 Å². The van der Waals surface area contributed by atoms with Crippen molar-refractivity contribution >= 4 is 11.9 Å². The molecule has 2 atom stereocenters. The van der Waals surface area contributed by atoms with Crippen molar-refractivity contribution in [2.45, 2.75) is 38.1 Å². The highest BCUT2D eigenvalue weighted by molar-refractivity contribution is 5.81. The summed E-state index contributed by atoms with van der Waals surface area (Å²) in [6.45, 7) is 4.56. The van der Waals surface area contributed by atoms with E-state index < -0.39 is 0 Å². The van der Waals surface area contributed by atoms with Gasteiger partial charge >= 0.3 is 6.03 Å². The number of piperidine rings is 1. The zero-order valence-electron chi connectivity index (χ0n) is 12.7. The number of hydrogen-bond donors (Lipinski definition) is 1. The summed E-state index contributed by atoms with van der Waals surface area (Å²) >= 11 is 0. The highest BCUT2D eigenvalue weighted by Crippen LogP contribution is 2.23. The number of rotatable bonds is 1. The van der Waals surface area contributed by atoms with Gasteiger partial charge < -0.3 is 20.4 Å². The third kappa shape index (κ3) is 3.15. The minimum atomic E-state index is -0.0318. The lowest BCUT2D eigenvalue weighted by Gasteiger charge is -2.36. The molecule has 0 bridgehead atoms. The fourth-order valence-corrected chi connectivity index (χ4v) is 3.71. The summed E-state index contributed by atoms with van der Waals surface area (Å²) in [5.74, 6) is 0.164. The van der Waals surface area contributed by atoms with E-state index in [1.807, 2.05) is 14.7 Å². The first-order valence-corrected chi connectivity index (χ1v) is 8.23. The molecular formula is C15H26N4O2. The van der Waals surface area contributed by atoms with Gasteiger partial charge in [0.1, 0.15) is 0 Å². The van der Waals surface area contributed by atoms with Crippen LogP contribution in [0.4, 0.5) is 4.79 Å². The molecule has 3 rings (SSSR count). The van der Waals surface area contributed by atoms with E-state index in [4.69, 9.17) is 5.73 Å². The molecule has 3 aliphatic rings. The second-order valence-corrected chi connectivity index (χ2v) is 6.59. The Kier molecular flexibility index (Phi) is 4.33. The van der Waals surface area contributed by atoms with Crippen molar-refractivity contribution in [3.63, 3.8) is 0 Å². The first-order valence-electron chi connectivity index (χ1n) is 8.23. The molecule has 2 N–H and O–H groups in total. The van der Waals surface area contributed by atoms with E-state index in [0.29, 0.717) is 13.1 Å². The normalized spacial score (nSPS) is 30.0. The first-order chi connectivity index (χ1) is 10.1. The zero-order valence-corrected chi connectivity index (χ0v) is 12.7. The van der Waals surface area contributed by atoms with E-state index in [1.54, 1.807) is 0 Å². The van der Waals surface area contributed by atoms with Crippen LogP contribution in [0.1, 0.15) is 32.1 Å². The van der Waals surface area contributed by atoms with E-state index in [-0.39, 0.29) is 23.9 Å². The van der Waals surface area contributed by atoms with Gasteiger partial charge in [-0.25, -0.2) is 4.79 Å². The molecule has 3 amide bonds. The molecule has 0 aliphatic carbocycles. The Balaban J connectivity index is 1.57. The van der Waals surface area contributed by atoms with Crippen LogP contribution in [-0.2, 0) is 4.79 Å². The van der Waals surface area contributed by atoms with Crippen LogP contribution in [-0.4, -0.2) is 71.9 Å². The van der Waals surface area contributed by atoms with Crippen LogP contribution in [0.25, 0.3) is 0 Å². The van der Waals surface area contributed by atoms with Crippen molar-refractivity contribution in [1.29, 1.82) is 0 Å². The minimum absolute atomic E-state index is 0.0318. The van der Waals surface area contributed by atoms with E-state index in [9.17, 15) is 9.59 Å². The fourth-order valence-electron chi connectivity index (χ4n) is 3.71. The van der Waals surface area contributed by atoms with Crippen molar-refractivity contribution in [2.24, 2.45) is 11.7 Å². The molecule has 1 unspecified atom stereocenters. The number of amides is 3. The average molecular weight is 294 g/mol. The maximum Gasteiger partial charge on any atom is 0.320 e. The lowest BCUT2D eigenvalue weighted by Crippen LogP contribution is -2.50. The predicted molar refractivity (Wildman–Crippen MR) is 79.7 cm³/mol. The van der Waals surface area contributed by atoms with Crippen molar-refractivity contribution in [3.05, 3.63) is 0 Å². The van der Waals surface area contributed by atoms with E-state index in [2.05, 4.69) is 0 Å². The molecule has 3 fully saturated rings. The maximum atomic E-state index is 12.6.